The summed E-state index contributed by atoms with van der Waals surface area (Å²) >= 11 is 0. The van der Waals surface area contributed by atoms with E-state index in [0.29, 0.717) is 13.0 Å². The molecule has 0 saturated carbocycles. The van der Waals surface area contributed by atoms with E-state index in [4.69, 9.17) is 4.74 Å². The first-order valence-corrected chi connectivity index (χ1v) is 11.0. The van der Waals surface area contributed by atoms with Crippen LogP contribution in [-0.2, 0) is 17.8 Å². The fourth-order valence-electron chi connectivity index (χ4n) is 4.69. The molecule has 0 saturated heterocycles. The molecule has 0 bridgehead atoms. The van der Waals surface area contributed by atoms with E-state index < -0.39 is 0 Å². The number of hydrogen-bond donors (Lipinski definition) is 0. The zero-order valence-corrected chi connectivity index (χ0v) is 18.5. The summed E-state index contributed by atoms with van der Waals surface area (Å²) in [5.74, 6) is 0.832. The Balaban J connectivity index is 1.50. The molecule has 1 amide bonds. The van der Waals surface area contributed by atoms with E-state index in [1.165, 1.54) is 11.1 Å². The second-order valence-corrected chi connectivity index (χ2v) is 8.44. The molecule has 162 valence electrons. The van der Waals surface area contributed by atoms with Crippen molar-refractivity contribution in [1.29, 1.82) is 0 Å². The Labute approximate surface area is 188 Å². The van der Waals surface area contributed by atoms with Gasteiger partial charge in [-0.3, -0.25) is 4.79 Å². The highest BCUT2D eigenvalue weighted by atomic mass is 16.5. The minimum Gasteiger partial charge on any atom is -0.497 e. The molecule has 5 heteroatoms. The average molecular weight is 426 g/mol. The van der Waals surface area contributed by atoms with Crippen molar-refractivity contribution in [3.63, 3.8) is 0 Å². The summed E-state index contributed by atoms with van der Waals surface area (Å²) in [4.78, 5) is 20.2. The third-order valence-corrected chi connectivity index (χ3v) is 6.47. The summed E-state index contributed by atoms with van der Waals surface area (Å²) < 4.78 is 7.58. The molecule has 1 unspecified atom stereocenters. The topological polar surface area (TPSA) is 46.8 Å². The Hall–Kier alpha value is -3.60. The number of aromatic nitrogens is 2. The molecule has 0 fully saturated rings. The van der Waals surface area contributed by atoms with Gasteiger partial charge in [0.1, 0.15) is 11.4 Å². The molecule has 1 atom stereocenters. The van der Waals surface area contributed by atoms with Gasteiger partial charge in [0.15, 0.2) is 0 Å². The summed E-state index contributed by atoms with van der Waals surface area (Å²) in [5, 5.41) is 0. The number of carbonyl (C=O) groups is 1. The number of ether oxygens (including phenoxy) is 1. The lowest BCUT2D eigenvalue weighted by molar-refractivity contribution is -0.132. The second kappa shape index (κ2) is 8.50. The molecule has 0 radical (unpaired) electrons. The van der Waals surface area contributed by atoms with Gasteiger partial charge < -0.3 is 14.0 Å². The monoisotopic (exact) mass is 425 g/mol. The van der Waals surface area contributed by atoms with Crippen LogP contribution in [0.2, 0.25) is 0 Å². The van der Waals surface area contributed by atoms with Crippen molar-refractivity contribution in [3.05, 3.63) is 101 Å². The fourth-order valence-corrected chi connectivity index (χ4v) is 4.69. The van der Waals surface area contributed by atoms with Crippen molar-refractivity contribution < 1.29 is 9.53 Å². The first-order chi connectivity index (χ1) is 15.6. The number of imidazole rings is 1. The highest BCUT2D eigenvalue weighted by molar-refractivity contribution is 5.78. The SMILES string of the molecule is COc1cccc(C(CC(=O)N2CCc3ccccc3C2)c2cnc3c(C)cccn23)c1. The molecule has 3 heterocycles. The number of rotatable bonds is 5. The fraction of sp³-hybridized carbons (Fsp3) is 0.259. The molecule has 4 aromatic rings. The summed E-state index contributed by atoms with van der Waals surface area (Å²) in [6.07, 6.45) is 5.22. The third kappa shape index (κ3) is 3.75. The third-order valence-electron chi connectivity index (χ3n) is 6.47. The average Bonchev–Trinajstić information content (AvgIpc) is 3.27. The van der Waals surface area contributed by atoms with Gasteiger partial charge in [-0.05, 0) is 53.8 Å². The number of pyridine rings is 1. The van der Waals surface area contributed by atoms with Crippen molar-refractivity contribution in [2.45, 2.75) is 32.2 Å². The van der Waals surface area contributed by atoms with Crippen LogP contribution in [0.1, 0.15) is 40.3 Å². The van der Waals surface area contributed by atoms with Crippen LogP contribution >= 0.6 is 0 Å². The first-order valence-electron chi connectivity index (χ1n) is 11.0. The van der Waals surface area contributed by atoms with Crippen molar-refractivity contribution in [1.82, 2.24) is 14.3 Å². The maximum atomic E-state index is 13.5. The van der Waals surface area contributed by atoms with Crippen LogP contribution < -0.4 is 4.74 Å². The Kier molecular flexibility index (Phi) is 5.39. The number of benzene rings is 2. The second-order valence-electron chi connectivity index (χ2n) is 8.44. The van der Waals surface area contributed by atoms with Crippen molar-refractivity contribution in [3.8, 4) is 5.75 Å². The van der Waals surface area contributed by atoms with Gasteiger partial charge >= 0.3 is 0 Å². The quantitative estimate of drug-likeness (QED) is 0.463. The van der Waals surface area contributed by atoms with Crippen LogP contribution in [0.3, 0.4) is 0 Å². The molecular formula is C27H27N3O2. The summed E-state index contributed by atoms with van der Waals surface area (Å²) in [6, 6.07) is 20.5. The zero-order valence-electron chi connectivity index (χ0n) is 18.5. The first kappa shape index (κ1) is 20.3. The Bertz CT molecular complexity index is 1280. The molecule has 5 rings (SSSR count). The standard InChI is InChI=1S/C27H27N3O2/c1-19-7-6-13-30-25(17-28-27(19)30)24(21-10-5-11-23(15-21)32-2)16-26(31)29-14-12-20-8-3-4-9-22(20)18-29/h3-11,13,15,17,24H,12,14,16,18H2,1-2H3. The van der Waals surface area contributed by atoms with Gasteiger partial charge in [-0.1, -0.05) is 42.5 Å². The van der Waals surface area contributed by atoms with Crippen LogP contribution in [0, 0.1) is 6.92 Å². The van der Waals surface area contributed by atoms with Crippen LogP contribution in [0.15, 0.2) is 73.1 Å². The predicted molar refractivity (Wildman–Crippen MR) is 125 cm³/mol. The Morgan fingerprint density at radius 3 is 2.78 bits per heavy atom. The van der Waals surface area contributed by atoms with Crippen molar-refractivity contribution in [2.24, 2.45) is 0 Å². The van der Waals surface area contributed by atoms with Gasteiger partial charge in [0.05, 0.1) is 12.8 Å². The van der Waals surface area contributed by atoms with Gasteiger partial charge in [-0.25, -0.2) is 4.98 Å². The number of amides is 1. The lowest BCUT2D eigenvalue weighted by atomic mass is 9.91. The van der Waals surface area contributed by atoms with E-state index >= 15 is 0 Å². The number of methoxy groups -OCH3 is 1. The number of hydrogen-bond acceptors (Lipinski definition) is 3. The zero-order chi connectivity index (χ0) is 22.1. The summed E-state index contributed by atoms with van der Waals surface area (Å²) in [6.45, 7) is 3.49. The molecule has 32 heavy (non-hydrogen) atoms. The van der Waals surface area contributed by atoms with Gasteiger partial charge in [0.25, 0.3) is 0 Å². The van der Waals surface area contributed by atoms with Gasteiger partial charge in [0, 0.05) is 37.8 Å². The maximum absolute atomic E-state index is 13.5. The molecule has 1 aliphatic heterocycles. The number of carbonyl (C=O) groups excluding carboxylic acids is 1. The normalized spacial score (nSPS) is 14.2. The molecule has 2 aromatic heterocycles. The van der Waals surface area contributed by atoms with Gasteiger partial charge in [-0.2, -0.15) is 0 Å². The van der Waals surface area contributed by atoms with Crippen LogP contribution in [0.25, 0.3) is 5.65 Å². The van der Waals surface area contributed by atoms with E-state index in [1.54, 1.807) is 7.11 Å². The summed E-state index contributed by atoms with van der Waals surface area (Å²) in [7, 11) is 1.67. The largest absolute Gasteiger partial charge is 0.497 e. The lowest BCUT2D eigenvalue weighted by Gasteiger charge is -2.30. The van der Waals surface area contributed by atoms with Crippen LogP contribution in [0.4, 0.5) is 0 Å². The Morgan fingerprint density at radius 2 is 1.94 bits per heavy atom. The Morgan fingerprint density at radius 1 is 1.09 bits per heavy atom. The minimum atomic E-state index is -0.119. The van der Waals surface area contributed by atoms with Crippen LogP contribution in [-0.4, -0.2) is 33.8 Å². The van der Waals surface area contributed by atoms with Crippen LogP contribution in [0.5, 0.6) is 5.75 Å². The van der Waals surface area contributed by atoms with Crippen molar-refractivity contribution >= 4 is 11.6 Å². The minimum absolute atomic E-state index is 0.119. The van der Waals surface area contributed by atoms with E-state index in [9.17, 15) is 4.79 Å². The number of nitrogens with zero attached hydrogens (tertiary/aromatic N) is 3. The smallest absolute Gasteiger partial charge is 0.223 e. The molecular weight excluding hydrogens is 398 g/mol. The highest BCUT2D eigenvalue weighted by Crippen LogP contribution is 2.32. The van der Waals surface area contributed by atoms with E-state index in [0.717, 1.165) is 41.2 Å². The molecule has 1 aliphatic rings. The van der Waals surface area contributed by atoms with E-state index in [-0.39, 0.29) is 11.8 Å². The van der Waals surface area contributed by atoms with Gasteiger partial charge in [0.2, 0.25) is 5.91 Å². The molecule has 0 aliphatic carbocycles. The highest BCUT2D eigenvalue weighted by Gasteiger charge is 2.27. The molecule has 0 spiro atoms. The predicted octanol–water partition coefficient (Wildman–Crippen LogP) is 4.76. The van der Waals surface area contributed by atoms with Gasteiger partial charge in [-0.15, -0.1) is 0 Å². The maximum Gasteiger partial charge on any atom is 0.223 e. The number of aryl methyl sites for hydroxylation is 1. The van der Waals surface area contributed by atoms with Crippen molar-refractivity contribution in [2.75, 3.05) is 13.7 Å². The van der Waals surface area contributed by atoms with E-state index in [1.807, 2.05) is 47.6 Å². The summed E-state index contributed by atoms with van der Waals surface area (Å²) in [5.41, 5.74) is 6.70. The van der Waals surface area contributed by atoms with E-state index in [2.05, 4.69) is 46.6 Å². The molecule has 2 aromatic carbocycles. The number of fused-ring (bicyclic) bond motifs is 2. The molecule has 0 N–H and O–H groups in total. The molecule has 5 nitrogen and oxygen atoms in total. The lowest BCUT2D eigenvalue weighted by Crippen LogP contribution is -2.36.